The number of carbonyl (C=O) groups is 1. The molecule has 2 atom stereocenters. The maximum absolute atomic E-state index is 10.8. The van der Waals surface area contributed by atoms with Crippen molar-refractivity contribution in [1.29, 1.82) is 0 Å². The van der Waals surface area contributed by atoms with Crippen molar-refractivity contribution in [3.63, 3.8) is 0 Å². The summed E-state index contributed by atoms with van der Waals surface area (Å²) in [4.78, 5) is 12.3. The molecule has 0 aromatic heterocycles. The highest BCUT2D eigenvalue weighted by Crippen LogP contribution is 2.04. The van der Waals surface area contributed by atoms with E-state index in [2.05, 4.69) is 0 Å². The van der Waals surface area contributed by atoms with E-state index < -0.39 is 18.1 Å². The Morgan fingerprint density at radius 3 is 2.50 bits per heavy atom. The van der Waals surface area contributed by atoms with Crippen molar-refractivity contribution in [2.24, 2.45) is 0 Å². The minimum absolute atomic E-state index is 0.872. The molecule has 0 amide bonds. The minimum atomic E-state index is -1.01. The highest BCUT2D eigenvalue weighted by molar-refractivity contribution is 5.74. The fourth-order valence-electron chi connectivity index (χ4n) is 1.22. The molecular weight excluding hydrogens is 182 g/mol. The van der Waals surface area contributed by atoms with Crippen molar-refractivity contribution in [1.82, 2.24) is 4.90 Å². The van der Waals surface area contributed by atoms with Crippen molar-refractivity contribution >= 4 is 5.97 Å². The van der Waals surface area contributed by atoms with Crippen LogP contribution in [0.5, 0.6) is 0 Å². The van der Waals surface area contributed by atoms with Crippen LogP contribution in [0, 0.1) is 0 Å². The number of carboxylic acids is 1. The van der Waals surface area contributed by atoms with Crippen molar-refractivity contribution in [2.45, 2.75) is 38.8 Å². The van der Waals surface area contributed by atoms with E-state index in [0.717, 1.165) is 12.8 Å². The van der Waals surface area contributed by atoms with Crippen LogP contribution >= 0.6 is 0 Å². The van der Waals surface area contributed by atoms with Crippen LogP contribution in [0.1, 0.15) is 26.7 Å². The number of nitrogens with zero attached hydrogens (tertiary/aromatic N) is 1. The lowest BCUT2D eigenvalue weighted by atomic mass is 10.1. The van der Waals surface area contributed by atoms with Crippen LogP contribution in [0.4, 0.5) is 0 Å². The van der Waals surface area contributed by atoms with Crippen LogP contribution in [0.15, 0.2) is 12.3 Å². The Morgan fingerprint density at radius 2 is 2.14 bits per heavy atom. The summed E-state index contributed by atoms with van der Waals surface area (Å²) < 4.78 is 0. The van der Waals surface area contributed by atoms with Gasteiger partial charge in [-0.3, -0.25) is 0 Å². The predicted octanol–water partition coefficient (Wildman–Crippen LogP) is 1.07. The Hall–Kier alpha value is -1.03. The predicted molar refractivity (Wildman–Crippen MR) is 54.9 cm³/mol. The van der Waals surface area contributed by atoms with E-state index in [0.29, 0.717) is 0 Å². The Balaban J connectivity index is 4.29. The summed E-state index contributed by atoms with van der Waals surface area (Å²) in [5.41, 5.74) is 0. The average Bonchev–Trinajstić information content (AvgIpc) is 2.03. The van der Waals surface area contributed by atoms with Crippen LogP contribution in [0.25, 0.3) is 0 Å². The first-order valence-corrected chi connectivity index (χ1v) is 4.80. The molecule has 14 heavy (non-hydrogen) atoms. The fraction of sp³-hybridized carbons (Fsp3) is 0.700. The molecule has 0 aromatic carbocycles. The summed E-state index contributed by atoms with van der Waals surface area (Å²) >= 11 is 0. The third kappa shape index (κ3) is 4.28. The largest absolute Gasteiger partial charge is 0.480 e. The first-order valence-electron chi connectivity index (χ1n) is 4.80. The van der Waals surface area contributed by atoms with Crippen molar-refractivity contribution in [3.05, 3.63) is 12.3 Å². The molecule has 0 aliphatic heterocycles. The van der Waals surface area contributed by atoms with Gasteiger partial charge < -0.3 is 15.1 Å². The van der Waals surface area contributed by atoms with E-state index in [9.17, 15) is 9.90 Å². The van der Waals surface area contributed by atoms with E-state index in [-0.39, 0.29) is 0 Å². The number of aliphatic carboxylic acids is 1. The molecule has 4 heteroatoms. The van der Waals surface area contributed by atoms with Crippen LogP contribution in [-0.4, -0.2) is 40.3 Å². The fourth-order valence-corrected chi connectivity index (χ4v) is 1.22. The molecule has 0 unspecified atom stereocenters. The van der Waals surface area contributed by atoms with Crippen LogP contribution in [-0.2, 0) is 4.79 Å². The summed E-state index contributed by atoms with van der Waals surface area (Å²) in [5, 5.41) is 18.1. The smallest absolute Gasteiger partial charge is 0.329 e. The Kier molecular flexibility index (Phi) is 5.95. The van der Waals surface area contributed by atoms with Gasteiger partial charge in [0.25, 0.3) is 0 Å². The Morgan fingerprint density at radius 1 is 1.57 bits per heavy atom. The van der Waals surface area contributed by atoms with Gasteiger partial charge in [0.1, 0.15) is 0 Å². The van der Waals surface area contributed by atoms with Gasteiger partial charge in [0, 0.05) is 7.05 Å². The third-order valence-electron chi connectivity index (χ3n) is 1.94. The molecule has 0 fully saturated rings. The number of allylic oxidation sites excluding steroid dienone is 1. The molecule has 0 aromatic rings. The standard InChI is InChI=1S/C10H19NO3/c1-4-5-6-7-11(3)9(8(2)12)10(13)14/h6-9,12H,4-5H2,1-3H3,(H,13,14)/t8-,9+/m1/s1. The second-order valence-corrected chi connectivity index (χ2v) is 3.36. The molecule has 0 heterocycles. The number of carboxylic acid groups (broad SMARTS) is 1. The molecular formula is C10H19NO3. The van der Waals surface area contributed by atoms with Gasteiger partial charge in [0.15, 0.2) is 6.04 Å². The minimum Gasteiger partial charge on any atom is -0.480 e. The summed E-state index contributed by atoms with van der Waals surface area (Å²) in [6.45, 7) is 3.52. The average molecular weight is 201 g/mol. The first-order chi connectivity index (χ1) is 6.50. The van der Waals surface area contributed by atoms with E-state index >= 15 is 0 Å². The summed E-state index contributed by atoms with van der Waals surface area (Å²) in [6.07, 6.45) is 4.66. The summed E-state index contributed by atoms with van der Waals surface area (Å²) in [7, 11) is 1.65. The SMILES string of the molecule is CCCC=CN(C)[C@H](C(=O)O)[C@@H](C)O. The number of aliphatic hydroxyl groups is 1. The molecule has 0 bridgehead atoms. The zero-order chi connectivity index (χ0) is 11.1. The van der Waals surface area contributed by atoms with Gasteiger partial charge in [-0.1, -0.05) is 19.4 Å². The molecule has 0 spiro atoms. The zero-order valence-electron chi connectivity index (χ0n) is 8.97. The second-order valence-electron chi connectivity index (χ2n) is 3.36. The highest BCUT2D eigenvalue weighted by Gasteiger charge is 2.25. The maximum atomic E-state index is 10.8. The van der Waals surface area contributed by atoms with E-state index in [1.165, 1.54) is 11.8 Å². The van der Waals surface area contributed by atoms with Gasteiger partial charge in [0.2, 0.25) is 0 Å². The zero-order valence-corrected chi connectivity index (χ0v) is 8.97. The quantitative estimate of drug-likeness (QED) is 0.674. The maximum Gasteiger partial charge on any atom is 0.329 e. The van der Waals surface area contributed by atoms with Gasteiger partial charge in [-0.25, -0.2) is 4.79 Å². The molecule has 0 rings (SSSR count). The summed E-state index contributed by atoms with van der Waals surface area (Å²) in [5.74, 6) is -1.01. The molecule has 0 saturated carbocycles. The highest BCUT2D eigenvalue weighted by atomic mass is 16.4. The number of hydrogen-bond donors (Lipinski definition) is 2. The van der Waals surface area contributed by atoms with Gasteiger partial charge >= 0.3 is 5.97 Å². The molecule has 0 aliphatic rings. The number of rotatable bonds is 6. The second kappa shape index (κ2) is 6.43. The van der Waals surface area contributed by atoms with Gasteiger partial charge in [-0.15, -0.1) is 0 Å². The first kappa shape index (κ1) is 13.0. The number of hydrogen-bond acceptors (Lipinski definition) is 3. The van der Waals surface area contributed by atoms with Crippen LogP contribution in [0.2, 0.25) is 0 Å². The van der Waals surface area contributed by atoms with E-state index in [4.69, 9.17) is 5.11 Å². The molecule has 2 N–H and O–H groups in total. The van der Waals surface area contributed by atoms with Gasteiger partial charge in [0.05, 0.1) is 6.10 Å². The lowest BCUT2D eigenvalue weighted by molar-refractivity contribution is -0.145. The van der Waals surface area contributed by atoms with E-state index in [1.54, 1.807) is 13.2 Å². The molecule has 0 radical (unpaired) electrons. The van der Waals surface area contributed by atoms with Crippen molar-refractivity contribution in [2.75, 3.05) is 7.05 Å². The topological polar surface area (TPSA) is 60.8 Å². The lowest BCUT2D eigenvalue weighted by Crippen LogP contribution is -2.43. The number of unbranched alkanes of at least 4 members (excludes halogenated alkanes) is 1. The van der Waals surface area contributed by atoms with Crippen molar-refractivity contribution in [3.8, 4) is 0 Å². The van der Waals surface area contributed by atoms with Crippen LogP contribution < -0.4 is 0 Å². The van der Waals surface area contributed by atoms with Crippen LogP contribution in [0.3, 0.4) is 0 Å². The summed E-state index contributed by atoms with van der Waals surface area (Å²) in [6, 6.07) is -0.872. The number of aliphatic hydroxyl groups excluding tert-OH is 1. The molecule has 0 saturated heterocycles. The normalized spacial score (nSPS) is 15.4. The molecule has 82 valence electrons. The van der Waals surface area contributed by atoms with Crippen molar-refractivity contribution < 1.29 is 15.0 Å². The van der Waals surface area contributed by atoms with Gasteiger partial charge in [-0.2, -0.15) is 0 Å². The monoisotopic (exact) mass is 201 g/mol. The lowest BCUT2D eigenvalue weighted by Gasteiger charge is -2.25. The molecule has 0 aliphatic carbocycles. The van der Waals surface area contributed by atoms with Gasteiger partial charge in [-0.05, 0) is 19.5 Å². The Labute approximate surface area is 84.8 Å². The molecule has 4 nitrogen and oxygen atoms in total. The third-order valence-corrected chi connectivity index (χ3v) is 1.94. The Bertz CT molecular complexity index is 202. The van der Waals surface area contributed by atoms with E-state index in [1.807, 2.05) is 13.0 Å². The number of likely N-dealkylation sites (N-methyl/N-ethyl adjacent to an activating group) is 1.